The van der Waals surface area contributed by atoms with Gasteiger partial charge in [-0.15, -0.1) is 0 Å². The van der Waals surface area contributed by atoms with Crippen LogP contribution in [-0.2, 0) is 0 Å². The van der Waals surface area contributed by atoms with Crippen LogP contribution in [0.3, 0.4) is 0 Å². The molecule has 0 aromatic heterocycles. The molecule has 0 heterocycles. The fourth-order valence-electron chi connectivity index (χ4n) is 2.89. The fraction of sp³-hybridized carbons (Fsp3) is 0.455. The Labute approximate surface area is 166 Å². The van der Waals surface area contributed by atoms with E-state index in [0.29, 0.717) is 0 Å². The first kappa shape index (κ1) is 20.9. The van der Waals surface area contributed by atoms with E-state index in [2.05, 4.69) is 70.3 Å². The fourth-order valence-corrected chi connectivity index (χ4v) is 3.15. The van der Waals surface area contributed by atoms with Crippen molar-refractivity contribution in [2.75, 3.05) is 33.4 Å². The molecule has 0 radical (unpaired) electrons. The van der Waals surface area contributed by atoms with Crippen LogP contribution in [0.15, 0.2) is 53.0 Å². The monoisotopic (exact) mass is 419 g/mol. The van der Waals surface area contributed by atoms with Crippen LogP contribution in [0.2, 0.25) is 0 Å². The quantitative estimate of drug-likeness (QED) is 0.469. The minimum atomic E-state index is 0.282. The molecule has 0 amide bonds. The van der Waals surface area contributed by atoms with Gasteiger partial charge in [0.05, 0.1) is 6.61 Å². The maximum absolute atomic E-state index is 8.83. The van der Waals surface area contributed by atoms with E-state index in [1.165, 1.54) is 30.4 Å². The maximum Gasteiger partial charge on any atom is 0.119 e. The maximum atomic E-state index is 8.83. The lowest BCUT2D eigenvalue weighted by Crippen LogP contribution is -2.21. The number of aliphatic hydroxyl groups is 1. The lowest BCUT2D eigenvalue weighted by atomic mass is 10.1. The summed E-state index contributed by atoms with van der Waals surface area (Å²) in [5, 5.41) is 8.83. The molecule has 0 saturated heterocycles. The van der Waals surface area contributed by atoms with Gasteiger partial charge in [0.1, 0.15) is 5.75 Å². The van der Waals surface area contributed by atoms with Gasteiger partial charge in [-0.2, -0.15) is 0 Å². The first-order chi connectivity index (χ1) is 12.7. The summed E-state index contributed by atoms with van der Waals surface area (Å²) < 4.78 is 7.02. The van der Waals surface area contributed by atoms with Gasteiger partial charge in [-0.3, -0.25) is 0 Å². The van der Waals surface area contributed by atoms with Gasteiger partial charge < -0.3 is 14.7 Å². The van der Waals surface area contributed by atoms with E-state index in [-0.39, 0.29) is 6.61 Å². The van der Waals surface area contributed by atoms with Gasteiger partial charge in [0.2, 0.25) is 0 Å². The van der Waals surface area contributed by atoms with Gasteiger partial charge in [-0.05, 0) is 68.2 Å². The summed E-state index contributed by atoms with van der Waals surface area (Å²) in [6.45, 7) is 3.14. The lowest BCUT2D eigenvalue weighted by Gasteiger charge is -2.15. The average molecular weight is 420 g/mol. The predicted molar refractivity (Wildman–Crippen MR) is 113 cm³/mol. The van der Waals surface area contributed by atoms with Crippen molar-refractivity contribution in [3.63, 3.8) is 0 Å². The minimum absolute atomic E-state index is 0.282. The highest BCUT2D eigenvalue weighted by molar-refractivity contribution is 9.10. The Morgan fingerprint density at radius 1 is 0.885 bits per heavy atom. The Morgan fingerprint density at radius 2 is 1.62 bits per heavy atom. The Balaban J connectivity index is 1.64. The normalized spacial score (nSPS) is 11.1. The summed E-state index contributed by atoms with van der Waals surface area (Å²) >= 11 is 3.47. The molecule has 0 atom stereocenters. The number of unbranched alkanes of at least 4 members (excludes halogenated alkanes) is 3. The van der Waals surface area contributed by atoms with Crippen molar-refractivity contribution in [3.8, 4) is 16.9 Å². The van der Waals surface area contributed by atoms with Crippen LogP contribution in [0.1, 0.15) is 32.1 Å². The number of hydrogen-bond donors (Lipinski definition) is 1. The molecular weight excluding hydrogens is 390 g/mol. The van der Waals surface area contributed by atoms with Gasteiger partial charge in [0.25, 0.3) is 0 Å². The first-order valence-corrected chi connectivity index (χ1v) is 10.3. The SMILES string of the molecule is CN(CCCO)CCCCCCOc1cccc(-c2ccc(Br)cc2)c1. The predicted octanol–water partition coefficient (Wildman–Crippen LogP) is 5.37. The van der Waals surface area contributed by atoms with E-state index in [0.717, 1.165) is 42.8 Å². The standard InChI is InChI=1S/C22H30BrNO2/c1-24(15-7-16-25)14-4-2-3-5-17-26-22-9-6-8-20(18-22)19-10-12-21(23)13-11-19/h6,8-13,18,25H,2-5,7,14-17H2,1H3. The topological polar surface area (TPSA) is 32.7 Å². The van der Waals surface area contributed by atoms with Crippen LogP contribution in [0.4, 0.5) is 0 Å². The average Bonchev–Trinajstić information content (AvgIpc) is 2.66. The number of benzene rings is 2. The molecule has 0 aliphatic rings. The van der Waals surface area contributed by atoms with Gasteiger partial charge in [-0.1, -0.05) is 53.0 Å². The van der Waals surface area contributed by atoms with Crippen LogP contribution < -0.4 is 4.74 Å². The Kier molecular flexibility index (Phi) is 9.75. The van der Waals surface area contributed by atoms with Crippen LogP contribution in [0.25, 0.3) is 11.1 Å². The highest BCUT2D eigenvalue weighted by atomic mass is 79.9. The van der Waals surface area contributed by atoms with Crippen molar-refractivity contribution in [2.24, 2.45) is 0 Å². The number of hydrogen-bond acceptors (Lipinski definition) is 3. The highest BCUT2D eigenvalue weighted by Crippen LogP contribution is 2.25. The molecule has 0 spiro atoms. The molecule has 0 aliphatic carbocycles. The zero-order chi connectivity index (χ0) is 18.6. The summed E-state index contributed by atoms with van der Waals surface area (Å²) in [6.07, 6.45) is 5.58. The second-order valence-corrected chi connectivity index (χ2v) is 7.59. The third kappa shape index (κ3) is 7.90. The summed E-state index contributed by atoms with van der Waals surface area (Å²) in [7, 11) is 2.12. The van der Waals surface area contributed by atoms with Gasteiger partial charge in [-0.25, -0.2) is 0 Å². The molecule has 3 nitrogen and oxygen atoms in total. The van der Waals surface area contributed by atoms with Crippen molar-refractivity contribution in [2.45, 2.75) is 32.1 Å². The van der Waals surface area contributed by atoms with E-state index in [1.807, 2.05) is 6.07 Å². The van der Waals surface area contributed by atoms with Crippen molar-refractivity contribution in [3.05, 3.63) is 53.0 Å². The third-order valence-electron chi connectivity index (χ3n) is 4.41. The lowest BCUT2D eigenvalue weighted by molar-refractivity contribution is 0.244. The Morgan fingerprint density at radius 3 is 2.38 bits per heavy atom. The molecule has 4 heteroatoms. The molecule has 0 saturated carbocycles. The van der Waals surface area contributed by atoms with Crippen molar-refractivity contribution in [1.29, 1.82) is 0 Å². The summed E-state index contributed by atoms with van der Waals surface area (Å²) in [5.41, 5.74) is 2.38. The van der Waals surface area contributed by atoms with Crippen LogP contribution in [0.5, 0.6) is 5.75 Å². The number of rotatable bonds is 12. The molecular formula is C22H30BrNO2. The molecule has 1 N–H and O–H groups in total. The molecule has 0 bridgehead atoms. The first-order valence-electron chi connectivity index (χ1n) is 9.47. The zero-order valence-electron chi connectivity index (χ0n) is 15.7. The highest BCUT2D eigenvalue weighted by Gasteiger charge is 2.01. The smallest absolute Gasteiger partial charge is 0.119 e. The molecule has 0 fully saturated rings. The molecule has 0 unspecified atom stereocenters. The second-order valence-electron chi connectivity index (χ2n) is 6.68. The van der Waals surface area contributed by atoms with E-state index in [9.17, 15) is 0 Å². The number of aliphatic hydroxyl groups excluding tert-OH is 1. The summed E-state index contributed by atoms with van der Waals surface area (Å²) in [5.74, 6) is 0.939. The van der Waals surface area contributed by atoms with Crippen LogP contribution in [-0.4, -0.2) is 43.4 Å². The molecule has 2 aromatic rings. The van der Waals surface area contributed by atoms with Crippen molar-refractivity contribution < 1.29 is 9.84 Å². The van der Waals surface area contributed by atoms with E-state index in [4.69, 9.17) is 9.84 Å². The number of ether oxygens (including phenoxy) is 1. The molecule has 2 aromatic carbocycles. The van der Waals surface area contributed by atoms with E-state index < -0.39 is 0 Å². The molecule has 2 rings (SSSR count). The van der Waals surface area contributed by atoms with Gasteiger partial charge in [0.15, 0.2) is 0 Å². The molecule has 26 heavy (non-hydrogen) atoms. The number of nitrogens with zero attached hydrogens (tertiary/aromatic N) is 1. The Bertz CT molecular complexity index is 630. The minimum Gasteiger partial charge on any atom is -0.494 e. The van der Waals surface area contributed by atoms with E-state index in [1.54, 1.807) is 0 Å². The molecule has 0 aliphatic heterocycles. The largest absolute Gasteiger partial charge is 0.494 e. The third-order valence-corrected chi connectivity index (χ3v) is 4.94. The van der Waals surface area contributed by atoms with Gasteiger partial charge >= 0.3 is 0 Å². The van der Waals surface area contributed by atoms with Crippen LogP contribution in [0, 0.1) is 0 Å². The van der Waals surface area contributed by atoms with Crippen molar-refractivity contribution >= 4 is 15.9 Å². The van der Waals surface area contributed by atoms with E-state index >= 15 is 0 Å². The van der Waals surface area contributed by atoms with Crippen molar-refractivity contribution in [1.82, 2.24) is 4.90 Å². The second kappa shape index (κ2) is 12.1. The summed E-state index contributed by atoms with van der Waals surface area (Å²) in [4.78, 5) is 2.29. The Hall–Kier alpha value is -1.36. The van der Waals surface area contributed by atoms with Crippen LogP contribution >= 0.6 is 15.9 Å². The zero-order valence-corrected chi connectivity index (χ0v) is 17.2. The number of halogens is 1. The molecule has 142 valence electrons. The van der Waals surface area contributed by atoms with Gasteiger partial charge in [0, 0.05) is 17.6 Å². The summed E-state index contributed by atoms with van der Waals surface area (Å²) in [6, 6.07) is 16.6.